The summed E-state index contributed by atoms with van der Waals surface area (Å²) in [4.78, 5) is 4.73. The minimum absolute atomic E-state index is 0.175. The predicted molar refractivity (Wildman–Crippen MR) is 85.9 cm³/mol. The van der Waals surface area contributed by atoms with Crippen LogP contribution in [-0.4, -0.2) is 18.1 Å². The van der Waals surface area contributed by atoms with Gasteiger partial charge in [0.25, 0.3) is 0 Å². The van der Waals surface area contributed by atoms with Crippen molar-refractivity contribution in [3.05, 3.63) is 29.5 Å². The lowest BCUT2D eigenvalue weighted by molar-refractivity contribution is 0.243. The summed E-state index contributed by atoms with van der Waals surface area (Å²) < 4.78 is 5.80. The number of aryl methyl sites for hydroxylation is 1. The van der Waals surface area contributed by atoms with Crippen molar-refractivity contribution >= 4 is 16.6 Å². The van der Waals surface area contributed by atoms with Gasteiger partial charge in [-0.05, 0) is 50.5 Å². The largest absolute Gasteiger partial charge is 0.491 e. The third-order valence-electron chi connectivity index (χ3n) is 3.38. The number of ether oxygens (including phenoxy) is 1. The molecule has 0 saturated carbocycles. The molecule has 108 valence electrons. The number of hydrogen-bond donors (Lipinski definition) is 1. The lowest BCUT2D eigenvalue weighted by atomic mass is 9.96. The van der Waals surface area contributed by atoms with Gasteiger partial charge in [-0.25, -0.2) is 0 Å². The number of nitrogens with one attached hydrogen (secondary N) is 1. The first-order chi connectivity index (χ1) is 9.43. The van der Waals surface area contributed by atoms with E-state index in [0.29, 0.717) is 5.92 Å². The van der Waals surface area contributed by atoms with Crippen LogP contribution in [0.5, 0.6) is 5.75 Å². The van der Waals surface area contributed by atoms with Crippen molar-refractivity contribution in [2.75, 3.05) is 12.4 Å². The van der Waals surface area contributed by atoms with Crippen LogP contribution < -0.4 is 10.1 Å². The summed E-state index contributed by atoms with van der Waals surface area (Å²) in [6.07, 6.45) is 0.175. The zero-order valence-corrected chi connectivity index (χ0v) is 13.2. The molecule has 3 heteroatoms. The van der Waals surface area contributed by atoms with Gasteiger partial charge < -0.3 is 10.1 Å². The van der Waals surface area contributed by atoms with Crippen molar-refractivity contribution in [1.29, 1.82) is 0 Å². The molecule has 0 fully saturated rings. The molecule has 2 aromatic rings. The van der Waals surface area contributed by atoms with E-state index in [9.17, 15) is 0 Å². The Balaban J connectivity index is 2.68. The van der Waals surface area contributed by atoms with Gasteiger partial charge in [-0.15, -0.1) is 0 Å². The lowest BCUT2D eigenvalue weighted by Crippen LogP contribution is -2.07. The third-order valence-corrected chi connectivity index (χ3v) is 3.38. The van der Waals surface area contributed by atoms with E-state index in [4.69, 9.17) is 9.72 Å². The van der Waals surface area contributed by atoms with Crippen molar-refractivity contribution in [3.63, 3.8) is 0 Å². The second kappa shape index (κ2) is 5.70. The molecule has 0 amide bonds. The summed E-state index contributed by atoms with van der Waals surface area (Å²) in [5, 5.41) is 4.47. The standard InChI is InChI=1S/C17H24N2O/c1-10(2)16-12(5)19-15-8-7-13(20-11(3)4)9-14(15)17(16)18-6/h7-11H,1-6H3,(H,18,19). The highest BCUT2D eigenvalue weighted by molar-refractivity contribution is 5.94. The van der Waals surface area contributed by atoms with Crippen LogP contribution in [0.4, 0.5) is 5.69 Å². The summed E-state index contributed by atoms with van der Waals surface area (Å²) in [6, 6.07) is 6.10. The predicted octanol–water partition coefficient (Wildman–Crippen LogP) is 4.50. The van der Waals surface area contributed by atoms with E-state index in [0.717, 1.165) is 28.0 Å². The van der Waals surface area contributed by atoms with Crippen LogP contribution in [0.3, 0.4) is 0 Å². The highest BCUT2D eigenvalue weighted by Gasteiger charge is 2.15. The second-order valence-electron chi connectivity index (χ2n) is 5.74. The first-order valence-corrected chi connectivity index (χ1v) is 7.22. The Morgan fingerprint density at radius 3 is 2.40 bits per heavy atom. The fourth-order valence-corrected chi connectivity index (χ4v) is 2.70. The maximum absolute atomic E-state index is 5.80. The molecule has 0 bridgehead atoms. The maximum atomic E-state index is 5.80. The molecule has 0 radical (unpaired) electrons. The average Bonchev–Trinajstić information content (AvgIpc) is 2.36. The molecule has 0 unspecified atom stereocenters. The fourth-order valence-electron chi connectivity index (χ4n) is 2.70. The smallest absolute Gasteiger partial charge is 0.120 e. The van der Waals surface area contributed by atoms with Gasteiger partial charge in [0.1, 0.15) is 5.75 Å². The molecule has 0 aliphatic carbocycles. The number of benzene rings is 1. The van der Waals surface area contributed by atoms with Crippen LogP contribution >= 0.6 is 0 Å². The Morgan fingerprint density at radius 1 is 1.15 bits per heavy atom. The molecule has 1 heterocycles. The molecule has 0 atom stereocenters. The van der Waals surface area contributed by atoms with E-state index in [1.54, 1.807) is 0 Å². The van der Waals surface area contributed by atoms with Gasteiger partial charge in [0.2, 0.25) is 0 Å². The third kappa shape index (κ3) is 2.72. The number of fused-ring (bicyclic) bond motifs is 1. The molecule has 1 N–H and O–H groups in total. The van der Waals surface area contributed by atoms with Crippen molar-refractivity contribution in [1.82, 2.24) is 4.98 Å². The first-order valence-electron chi connectivity index (χ1n) is 7.22. The molecule has 0 saturated heterocycles. The Kier molecular flexibility index (Phi) is 4.17. The van der Waals surface area contributed by atoms with Crippen LogP contribution in [0.25, 0.3) is 10.9 Å². The summed E-state index contributed by atoms with van der Waals surface area (Å²) in [5.41, 5.74) is 4.54. The molecule has 2 rings (SSSR count). The first kappa shape index (κ1) is 14.6. The number of hydrogen-bond acceptors (Lipinski definition) is 3. The van der Waals surface area contributed by atoms with Gasteiger partial charge in [0.05, 0.1) is 11.6 Å². The van der Waals surface area contributed by atoms with Gasteiger partial charge in [-0.1, -0.05) is 13.8 Å². The van der Waals surface area contributed by atoms with Crippen LogP contribution in [-0.2, 0) is 0 Å². The molecule has 1 aromatic carbocycles. The number of pyridine rings is 1. The Morgan fingerprint density at radius 2 is 1.85 bits per heavy atom. The van der Waals surface area contributed by atoms with Gasteiger partial charge in [0, 0.05) is 23.8 Å². The normalized spacial score (nSPS) is 11.4. The minimum atomic E-state index is 0.175. The fraction of sp³-hybridized carbons (Fsp3) is 0.471. The molecule has 0 aliphatic heterocycles. The number of rotatable bonds is 4. The van der Waals surface area contributed by atoms with E-state index in [2.05, 4.69) is 32.2 Å². The zero-order valence-electron chi connectivity index (χ0n) is 13.2. The minimum Gasteiger partial charge on any atom is -0.491 e. The Bertz CT molecular complexity index is 618. The second-order valence-corrected chi connectivity index (χ2v) is 5.74. The van der Waals surface area contributed by atoms with E-state index >= 15 is 0 Å². The molecule has 20 heavy (non-hydrogen) atoms. The quantitative estimate of drug-likeness (QED) is 0.890. The number of nitrogens with zero attached hydrogens (tertiary/aromatic N) is 1. The van der Waals surface area contributed by atoms with E-state index in [-0.39, 0.29) is 6.10 Å². The van der Waals surface area contributed by atoms with Gasteiger partial charge in [-0.3, -0.25) is 4.98 Å². The molecular weight excluding hydrogens is 248 g/mol. The molecule has 1 aromatic heterocycles. The lowest BCUT2D eigenvalue weighted by Gasteiger charge is -2.18. The highest BCUT2D eigenvalue weighted by Crippen LogP contribution is 2.35. The van der Waals surface area contributed by atoms with Crippen LogP contribution in [0.2, 0.25) is 0 Å². The summed E-state index contributed by atoms with van der Waals surface area (Å²) in [7, 11) is 1.97. The van der Waals surface area contributed by atoms with Crippen molar-refractivity contribution in [2.45, 2.75) is 46.6 Å². The van der Waals surface area contributed by atoms with E-state index < -0.39 is 0 Å². The molecular formula is C17H24N2O. The SMILES string of the molecule is CNc1c(C(C)C)c(C)nc2ccc(OC(C)C)cc12. The van der Waals surface area contributed by atoms with E-state index in [1.165, 1.54) is 5.56 Å². The summed E-state index contributed by atoms with van der Waals surface area (Å²) in [5.74, 6) is 1.33. The van der Waals surface area contributed by atoms with E-state index in [1.807, 2.05) is 33.0 Å². The van der Waals surface area contributed by atoms with Gasteiger partial charge >= 0.3 is 0 Å². The van der Waals surface area contributed by atoms with Crippen LogP contribution in [0.1, 0.15) is 44.9 Å². The monoisotopic (exact) mass is 272 g/mol. The summed E-state index contributed by atoms with van der Waals surface area (Å²) >= 11 is 0. The number of anilines is 1. The summed E-state index contributed by atoms with van der Waals surface area (Å²) in [6.45, 7) is 10.6. The molecule has 3 nitrogen and oxygen atoms in total. The van der Waals surface area contributed by atoms with Crippen LogP contribution in [0, 0.1) is 6.92 Å². The Hall–Kier alpha value is -1.77. The Labute approximate surface area is 121 Å². The maximum Gasteiger partial charge on any atom is 0.120 e. The zero-order chi connectivity index (χ0) is 14.9. The van der Waals surface area contributed by atoms with Crippen molar-refractivity contribution in [2.24, 2.45) is 0 Å². The molecule has 0 spiro atoms. The van der Waals surface area contributed by atoms with Crippen molar-refractivity contribution in [3.8, 4) is 5.75 Å². The molecule has 0 aliphatic rings. The van der Waals surface area contributed by atoms with Crippen LogP contribution in [0.15, 0.2) is 18.2 Å². The van der Waals surface area contributed by atoms with Gasteiger partial charge in [0.15, 0.2) is 0 Å². The average molecular weight is 272 g/mol. The topological polar surface area (TPSA) is 34.2 Å². The van der Waals surface area contributed by atoms with Gasteiger partial charge in [-0.2, -0.15) is 0 Å². The number of aromatic nitrogens is 1. The highest BCUT2D eigenvalue weighted by atomic mass is 16.5. The van der Waals surface area contributed by atoms with Crippen molar-refractivity contribution < 1.29 is 4.74 Å².